The highest BCUT2D eigenvalue weighted by Gasteiger charge is 2.28. The zero-order chi connectivity index (χ0) is 13.1. The first-order valence-corrected chi connectivity index (χ1v) is 6.27. The molecule has 0 amide bonds. The molecule has 1 aliphatic rings. The SMILES string of the molecule is CNc1nc(Cl)cc(OC2CCCC2O)c1C=N. The van der Waals surface area contributed by atoms with Crippen molar-refractivity contribution in [2.24, 2.45) is 0 Å². The smallest absolute Gasteiger partial charge is 0.140 e. The van der Waals surface area contributed by atoms with Gasteiger partial charge in [0, 0.05) is 19.3 Å². The summed E-state index contributed by atoms with van der Waals surface area (Å²) in [6.07, 6.45) is 3.01. The van der Waals surface area contributed by atoms with Gasteiger partial charge in [0.1, 0.15) is 22.8 Å². The minimum atomic E-state index is -0.450. The second kappa shape index (κ2) is 5.54. The number of aliphatic hydroxyl groups excluding tert-OH is 1. The van der Waals surface area contributed by atoms with E-state index in [1.807, 2.05) is 0 Å². The molecule has 3 N–H and O–H groups in total. The largest absolute Gasteiger partial charge is 0.487 e. The molecule has 0 aromatic carbocycles. The Morgan fingerprint density at radius 3 is 2.94 bits per heavy atom. The summed E-state index contributed by atoms with van der Waals surface area (Å²) in [5.41, 5.74) is 0.543. The first kappa shape index (κ1) is 13.1. The highest BCUT2D eigenvalue weighted by molar-refractivity contribution is 6.29. The number of hydrogen-bond acceptors (Lipinski definition) is 5. The lowest BCUT2D eigenvalue weighted by Gasteiger charge is -2.19. The van der Waals surface area contributed by atoms with Gasteiger partial charge in [-0.3, -0.25) is 0 Å². The van der Waals surface area contributed by atoms with Gasteiger partial charge in [0.25, 0.3) is 0 Å². The topological polar surface area (TPSA) is 78.2 Å². The minimum absolute atomic E-state index is 0.230. The molecule has 1 aromatic rings. The number of ether oxygens (including phenoxy) is 1. The Balaban J connectivity index is 2.30. The van der Waals surface area contributed by atoms with Crippen molar-refractivity contribution in [1.82, 2.24) is 4.98 Å². The maximum absolute atomic E-state index is 9.76. The van der Waals surface area contributed by atoms with Gasteiger partial charge >= 0.3 is 0 Å². The van der Waals surface area contributed by atoms with Crippen molar-refractivity contribution in [2.45, 2.75) is 31.5 Å². The fourth-order valence-corrected chi connectivity index (χ4v) is 2.32. The number of halogens is 1. The number of rotatable bonds is 4. The van der Waals surface area contributed by atoms with E-state index in [0.717, 1.165) is 19.3 Å². The Hall–Kier alpha value is -1.33. The quantitative estimate of drug-likeness (QED) is 0.578. The van der Waals surface area contributed by atoms with Crippen LogP contribution >= 0.6 is 11.6 Å². The summed E-state index contributed by atoms with van der Waals surface area (Å²) < 4.78 is 5.77. The normalized spacial score (nSPS) is 22.8. The number of anilines is 1. The second-order valence-corrected chi connectivity index (χ2v) is 4.64. The summed E-state index contributed by atoms with van der Waals surface area (Å²) in [4.78, 5) is 4.08. The van der Waals surface area contributed by atoms with Gasteiger partial charge in [-0.05, 0) is 19.3 Å². The van der Waals surface area contributed by atoms with Crippen LogP contribution in [0.1, 0.15) is 24.8 Å². The van der Waals surface area contributed by atoms with Crippen LogP contribution in [0.2, 0.25) is 5.15 Å². The fourth-order valence-electron chi connectivity index (χ4n) is 2.14. The number of hydrogen-bond donors (Lipinski definition) is 3. The first-order valence-electron chi connectivity index (χ1n) is 5.89. The average Bonchev–Trinajstić information content (AvgIpc) is 2.74. The zero-order valence-corrected chi connectivity index (χ0v) is 10.9. The van der Waals surface area contributed by atoms with E-state index in [9.17, 15) is 5.11 Å². The minimum Gasteiger partial charge on any atom is -0.487 e. The average molecular weight is 270 g/mol. The molecule has 1 fully saturated rings. The molecule has 1 heterocycles. The van der Waals surface area contributed by atoms with E-state index in [1.165, 1.54) is 6.21 Å². The van der Waals surface area contributed by atoms with E-state index in [0.29, 0.717) is 22.3 Å². The molecule has 98 valence electrons. The second-order valence-electron chi connectivity index (χ2n) is 4.25. The van der Waals surface area contributed by atoms with Crippen LogP contribution in [0, 0.1) is 5.41 Å². The van der Waals surface area contributed by atoms with Gasteiger partial charge in [0.05, 0.1) is 11.7 Å². The highest BCUT2D eigenvalue weighted by atomic mass is 35.5. The molecule has 6 heteroatoms. The van der Waals surface area contributed by atoms with Crippen LogP contribution in [0.3, 0.4) is 0 Å². The van der Waals surface area contributed by atoms with Crippen molar-refractivity contribution in [3.05, 3.63) is 16.8 Å². The Labute approximate surface area is 111 Å². The van der Waals surface area contributed by atoms with Crippen LogP contribution in [-0.4, -0.2) is 35.6 Å². The molecule has 2 rings (SSSR count). The lowest BCUT2D eigenvalue weighted by atomic mass is 10.2. The molecule has 1 saturated carbocycles. The van der Waals surface area contributed by atoms with Crippen molar-refractivity contribution in [3.63, 3.8) is 0 Å². The van der Waals surface area contributed by atoms with Crippen LogP contribution in [0.4, 0.5) is 5.82 Å². The molecule has 0 spiro atoms. The van der Waals surface area contributed by atoms with Crippen LogP contribution < -0.4 is 10.1 Å². The predicted octanol–water partition coefficient (Wildman–Crippen LogP) is 2.07. The number of aromatic nitrogens is 1. The van der Waals surface area contributed by atoms with Crippen LogP contribution in [0.5, 0.6) is 5.75 Å². The van der Waals surface area contributed by atoms with Gasteiger partial charge in [-0.15, -0.1) is 0 Å². The first-order chi connectivity index (χ1) is 8.65. The number of nitrogens with zero attached hydrogens (tertiary/aromatic N) is 1. The Morgan fingerprint density at radius 2 is 2.39 bits per heavy atom. The standard InChI is InChI=1S/C12H16ClN3O2/c1-15-12-7(6-14)10(5-11(13)16-12)18-9-4-2-3-8(9)17/h5-6,8-9,14,17H,2-4H2,1H3,(H,15,16). The Bertz CT molecular complexity index is 453. The molecule has 2 atom stereocenters. The molecule has 0 aliphatic heterocycles. The predicted molar refractivity (Wildman–Crippen MR) is 71.0 cm³/mol. The number of aliphatic hydroxyl groups is 1. The van der Waals surface area contributed by atoms with Gasteiger partial charge in [0.15, 0.2) is 0 Å². The zero-order valence-electron chi connectivity index (χ0n) is 10.1. The van der Waals surface area contributed by atoms with Crippen molar-refractivity contribution in [1.29, 1.82) is 5.41 Å². The lowest BCUT2D eigenvalue weighted by Crippen LogP contribution is -2.26. The van der Waals surface area contributed by atoms with E-state index in [4.69, 9.17) is 21.7 Å². The summed E-state index contributed by atoms with van der Waals surface area (Å²) in [7, 11) is 1.71. The molecule has 18 heavy (non-hydrogen) atoms. The van der Waals surface area contributed by atoms with Crippen LogP contribution in [0.25, 0.3) is 0 Å². The van der Waals surface area contributed by atoms with Gasteiger partial charge in [-0.2, -0.15) is 0 Å². The molecule has 1 aliphatic carbocycles. The summed E-state index contributed by atoms with van der Waals surface area (Å²) in [6.45, 7) is 0. The third-order valence-corrected chi connectivity index (χ3v) is 3.26. The van der Waals surface area contributed by atoms with Crippen molar-refractivity contribution in [3.8, 4) is 5.75 Å². The van der Waals surface area contributed by atoms with E-state index in [2.05, 4.69) is 10.3 Å². The molecular formula is C12H16ClN3O2. The summed E-state index contributed by atoms with van der Waals surface area (Å²) >= 11 is 5.91. The lowest BCUT2D eigenvalue weighted by molar-refractivity contribution is 0.0603. The van der Waals surface area contributed by atoms with Crippen molar-refractivity contribution in [2.75, 3.05) is 12.4 Å². The molecular weight excluding hydrogens is 254 g/mol. The van der Waals surface area contributed by atoms with Gasteiger partial charge in [-0.1, -0.05) is 11.6 Å². The number of nitrogens with one attached hydrogen (secondary N) is 2. The Kier molecular flexibility index (Phi) is 4.04. The maximum Gasteiger partial charge on any atom is 0.140 e. The summed E-state index contributed by atoms with van der Waals surface area (Å²) in [5, 5.41) is 20.4. The molecule has 0 saturated heterocycles. The molecule has 5 nitrogen and oxygen atoms in total. The Morgan fingerprint density at radius 1 is 1.61 bits per heavy atom. The third-order valence-electron chi connectivity index (χ3n) is 3.07. The van der Waals surface area contributed by atoms with Crippen molar-refractivity contribution < 1.29 is 9.84 Å². The maximum atomic E-state index is 9.76. The van der Waals surface area contributed by atoms with Crippen LogP contribution in [-0.2, 0) is 0 Å². The van der Waals surface area contributed by atoms with Gasteiger partial charge in [-0.25, -0.2) is 4.98 Å². The van der Waals surface area contributed by atoms with Crippen molar-refractivity contribution >= 4 is 23.6 Å². The summed E-state index contributed by atoms with van der Waals surface area (Å²) in [6, 6.07) is 1.58. The third kappa shape index (κ3) is 2.57. The molecule has 0 bridgehead atoms. The van der Waals surface area contributed by atoms with Gasteiger partial charge in [0.2, 0.25) is 0 Å². The highest BCUT2D eigenvalue weighted by Crippen LogP contribution is 2.31. The molecule has 0 radical (unpaired) electrons. The fraction of sp³-hybridized carbons (Fsp3) is 0.500. The van der Waals surface area contributed by atoms with Crippen LogP contribution in [0.15, 0.2) is 6.07 Å². The van der Waals surface area contributed by atoms with E-state index in [-0.39, 0.29) is 6.10 Å². The number of pyridine rings is 1. The molecule has 2 unspecified atom stereocenters. The van der Waals surface area contributed by atoms with E-state index >= 15 is 0 Å². The van der Waals surface area contributed by atoms with E-state index < -0.39 is 6.10 Å². The molecule has 1 aromatic heterocycles. The monoisotopic (exact) mass is 269 g/mol. The van der Waals surface area contributed by atoms with E-state index in [1.54, 1.807) is 13.1 Å². The summed E-state index contributed by atoms with van der Waals surface area (Å²) in [5.74, 6) is 0.986. The van der Waals surface area contributed by atoms with Gasteiger partial charge < -0.3 is 20.6 Å².